The second kappa shape index (κ2) is 6.01. The first-order chi connectivity index (χ1) is 7.94. The van der Waals surface area contributed by atoms with Crippen LogP contribution >= 0.6 is 0 Å². The maximum Gasteiger partial charge on any atom is 0.126 e. The van der Waals surface area contributed by atoms with Crippen molar-refractivity contribution >= 4 is 0 Å². The normalized spacial score (nSPS) is 11.6. The predicted octanol–water partition coefficient (Wildman–Crippen LogP) is 3.29. The van der Waals surface area contributed by atoms with Gasteiger partial charge in [-0.3, -0.25) is 0 Å². The minimum atomic E-state index is -0.340. The van der Waals surface area contributed by atoms with Crippen molar-refractivity contribution in [3.63, 3.8) is 0 Å². The van der Waals surface area contributed by atoms with Gasteiger partial charge < -0.3 is 10.1 Å². The van der Waals surface area contributed by atoms with Gasteiger partial charge in [-0.05, 0) is 45.4 Å². The van der Waals surface area contributed by atoms with Crippen LogP contribution in [0.4, 0.5) is 4.39 Å². The first kappa shape index (κ1) is 14.0. The molecule has 1 rings (SSSR count). The third kappa shape index (κ3) is 4.73. The van der Waals surface area contributed by atoms with Crippen molar-refractivity contribution in [2.24, 2.45) is 0 Å². The number of rotatable bonds is 6. The summed E-state index contributed by atoms with van der Waals surface area (Å²) < 4.78 is 19.0. The molecule has 0 spiro atoms. The summed E-state index contributed by atoms with van der Waals surface area (Å²) in [5, 5.41) is 3.31. The summed E-state index contributed by atoms with van der Waals surface area (Å²) in [6.45, 7) is 9.76. The Morgan fingerprint density at radius 1 is 1.35 bits per heavy atom. The molecule has 0 aliphatic heterocycles. The van der Waals surface area contributed by atoms with E-state index in [1.54, 1.807) is 6.07 Å². The average Bonchev–Trinajstić information content (AvgIpc) is 2.23. The van der Waals surface area contributed by atoms with Crippen LogP contribution < -0.4 is 10.1 Å². The van der Waals surface area contributed by atoms with Crippen LogP contribution in [0.3, 0.4) is 0 Å². The smallest absolute Gasteiger partial charge is 0.126 e. The minimum Gasteiger partial charge on any atom is -0.486 e. The summed E-state index contributed by atoms with van der Waals surface area (Å²) in [5.41, 5.74) is 0.614. The molecule has 0 fully saturated rings. The van der Waals surface area contributed by atoms with E-state index in [0.717, 1.165) is 25.1 Å². The maximum absolute atomic E-state index is 13.1. The third-order valence-electron chi connectivity index (χ3n) is 2.51. The number of ether oxygens (including phenoxy) is 1. The molecule has 0 bridgehead atoms. The molecule has 2 nitrogen and oxygen atoms in total. The third-order valence-corrected chi connectivity index (χ3v) is 2.51. The fraction of sp³-hybridized carbons (Fsp3) is 0.571. The number of hydrogen-bond donors (Lipinski definition) is 1. The zero-order chi connectivity index (χ0) is 12.9. The molecule has 0 aromatic heterocycles. The molecule has 0 saturated carbocycles. The Kier molecular flexibility index (Phi) is 4.94. The molecule has 1 aromatic carbocycles. The van der Waals surface area contributed by atoms with E-state index in [0.29, 0.717) is 5.75 Å². The van der Waals surface area contributed by atoms with Crippen LogP contribution in [0.5, 0.6) is 5.75 Å². The van der Waals surface area contributed by atoms with Gasteiger partial charge >= 0.3 is 0 Å². The first-order valence-corrected chi connectivity index (χ1v) is 6.10. The Morgan fingerprint density at radius 2 is 2.06 bits per heavy atom. The molecule has 1 N–H and O–H groups in total. The van der Waals surface area contributed by atoms with E-state index in [-0.39, 0.29) is 11.4 Å². The molecule has 17 heavy (non-hydrogen) atoms. The molecule has 0 aliphatic carbocycles. The molecule has 0 atom stereocenters. The number of nitrogens with one attached hydrogen (secondary N) is 1. The molecule has 0 radical (unpaired) electrons. The standard InChI is InChI=1S/C14H22FNO/c1-5-8-16-10-14(3,4)17-13-9-12(15)7-6-11(13)2/h6-7,9,16H,5,8,10H2,1-4H3. The van der Waals surface area contributed by atoms with Gasteiger partial charge in [0.25, 0.3) is 0 Å². The summed E-state index contributed by atoms with van der Waals surface area (Å²) in [5.74, 6) is 0.358. The molecular formula is C14H22FNO. The maximum atomic E-state index is 13.1. The topological polar surface area (TPSA) is 21.3 Å². The van der Waals surface area contributed by atoms with Crippen LogP contribution in [0.2, 0.25) is 0 Å². The Hall–Kier alpha value is -1.09. The lowest BCUT2D eigenvalue weighted by atomic mass is 10.1. The van der Waals surface area contributed by atoms with Crippen LogP contribution in [0.25, 0.3) is 0 Å². The second-order valence-electron chi connectivity index (χ2n) is 4.95. The van der Waals surface area contributed by atoms with Crippen molar-refractivity contribution in [1.29, 1.82) is 0 Å². The summed E-state index contributed by atoms with van der Waals surface area (Å²) in [4.78, 5) is 0. The van der Waals surface area contributed by atoms with Gasteiger partial charge in [0, 0.05) is 12.6 Å². The molecular weight excluding hydrogens is 217 g/mol. The van der Waals surface area contributed by atoms with E-state index in [9.17, 15) is 4.39 Å². The molecule has 0 saturated heterocycles. The van der Waals surface area contributed by atoms with E-state index in [1.807, 2.05) is 20.8 Å². The van der Waals surface area contributed by atoms with Gasteiger partial charge in [-0.2, -0.15) is 0 Å². The summed E-state index contributed by atoms with van der Waals surface area (Å²) in [7, 11) is 0. The SMILES string of the molecule is CCCNCC(C)(C)Oc1cc(F)ccc1C. The molecule has 0 amide bonds. The number of benzene rings is 1. The summed E-state index contributed by atoms with van der Waals surface area (Å²) in [6, 6.07) is 4.63. The molecule has 96 valence electrons. The summed E-state index contributed by atoms with van der Waals surface area (Å²) >= 11 is 0. The van der Waals surface area contributed by atoms with Crippen molar-refractivity contribution in [3.05, 3.63) is 29.6 Å². The Balaban J connectivity index is 2.65. The van der Waals surface area contributed by atoms with Crippen molar-refractivity contribution in [2.75, 3.05) is 13.1 Å². The Bertz CT molecular complexity index is 363. The highest BCUT2D eigenvalue weighted by Crippen LogP contribution is 2.23. The van der Waals surface area contributed by atoms with Crippen LogP contribution in [0.15, 0.2) is 18.2 Å². The van der Waals surface area contributed by atoms with Crippen molar-refractivity contribution < 1.29 is 9.13 Å². The zero-order valence-electron chi connectivity index (χ0n) is 11.1. The van der Waals surface area contributed by atoms with Gasteiger partial charge in [0.05, 0.1) is 0 Å². The monoisotopic (exact) mass is 239 g/mol. The fourth-order valence-corrected chi connectivity index (χ4v) is 1.58. The highest BCUT2D eigenvalue weighted by Gasteiger charge is 2.20. The quantitative estimate of drug-likeness (QED) is 0.769. The van der Waals surface area contributed by atoms with Crippen LogP contribution in [-0.2, 0) is 0 Å². The lowest BCUT2D eigenvalue weighted by molar-refractivity contribution is 0.107. The molecule has 0 unspecified atom stereocenters. The number of halogens is 1. The molecule has 0 heterocycles. The van der Waals surface area contributed by atoms with Crippen LogP contribution in [-0.4, -0.2) is 18.7 Å². The van der Waals surface area contributed by atoms with E-state index < -0.39 is 0 Å². The lowest BCUT2D eigenvalue weighted by Crippen LogP contribution is -2.40. The predicted molar refractivity (Wildman–Crippen MR) is 69.0 cm³/mol. The highest BCUT2D eigenvalue weighted by molar-refractivity contribution is 5.33. The fourth-order valence-electron chi connectivity index (χ4n) is 1.58. The van der Waals surface area contributed by atoms with E-state index in [4.69, 9.17) is 4.74 Å². The minimum absolute atomic E-state index is 0.261. The summed E-state index contributed by atoms with van der Waals surface area (Å²) in [6.07, 6.45) is 1.09. The Morgan fingerprint density at radius 3 is 2.71 bits per heavy atom. The molecule has 0 aliphatic rings. The van der Waals surface area contributed by atoms with E-state index >= 15 is 0 Å². The van der Waals surface area contributed by atoms with E-state index in [1.165, 1.54) is 12.1 Å². The van der Waals surface area contributed by atoms with Crippen molar-refractivity contribution in [3.8, 4) is 5.75 Å². The van der Waals surface area contributed by atoms with E-state index in [2.05, 4.69) is 12.2 Å². The van der Waals surface area contributed by atoms with Gasteiger partial charge in [0.1, 0.15) is 17.2 Å². The second-order valence-corrected chi connectivity index (χ2v) is 4.95. The number of aryl methyl sites for hydroxylation is 1. The molecule has 1 aromatic rings. The van der Waals surface area contributed by atoms with Gasteiger partial charge in [-0.1, -0.05) is 13.0 Å². The zero-order valence-corrected chi connectivity index (χ0v) is 11.1. The largest absolute Gasteiger partial charge is 0.486 e. The lowest BCUT2D eigenvalue weighted by Gasteiger charge is -2.27. The average molecular weight is 239 g/mol. The highest BCUT2D eigenvalue weighted by atomic mass is 19.1. The van der Waals surface area contributed by atoms with Crippen LogP contribution in [0.1, 0.15) is 32.8 Å². The van der Waals surface area contributed by atoms with Crippen LogP contribution in [0, 0.1) is 12.7 Å². The van der Waals surface area contributed by atoms with Gasteiger partial charge in [0.15, 0.2) is 0 Å². The van der Waals surface area contributed by atoms with Gasteiger partial charge in [-0.15, -0.1) is 0 Å². The van der Waals surface area contributed by atoms with Crippen molar-refractivity contribution in [2.45, 2.75) is 39.7 Å². The number of hydrogen-bond acceptors (Lipinski definition) is 2. The molecule has 3 heteroatoms. The first-order valence-electron chi connectivity index (χ1n) is 6.10. The Labute approximate surface area is 103 Å². The van der Waals surface area contributed by atoms with Crippen molar-refractivity contribution in [1.82, 2.24) is 5.32 Å². The van der Waals surface area contributed by atoms with Gasteiger partial charge in [0.2, 0.25) is 0 Å². The van der Waals surface area contributed by atoms with Gasteiger partial charge in [-0.25, -0.2) is 4.39 Å².